The van der Waals surface area contributed by atoms with E-state index in [1.807, 2.05) is 13.0 Å². The number of ether oxygens (including phenoxy) is 1. The third-order valence-corrected chi connectivity index (χ3v) is 9.75. The average molecular weight is 629 g/mol. The van der Waals surface area contributed by atoms with E-state index in [1.165, 1.54) is 11.3 Å². The zero-order chi connectivity index (χ0) is 30.4. The van der Waals surface area contributed by atoms with Gasteiger partial charge in [0.15, 0.2) is 0 Å². The van der Waals surface area contributed by atoms with Gasteiger partial charge in [0.05, 0.1) is 28.0 Å². The van der Waals surface area contributed by atoms with Crippen LogP contribution in [0.5, 0.6) is 5.75 Å². The van der Waals surface area contributed by atoms with Crippen LogP contribution < -0.4 is 10.3 Å². The number of carboxylic acid groups (broad SMARTS) is 1. The summed E-state index contributed by atoms with van der Waals surface area (Å²) in [7, 11) is 0. The molecule has 1 fully saturated rings. The smallest absolute Gasteiger partial charge is 0.338 e. The van der Waals surface area contributed by atoms with Gasteiger partial charge in [0, 0.05) is 51.3 Å². The van der Waals surface area contributed by atoms with Crippen molar-refractivity contribution < 1.29 is 23.4 Å². The summed E-state index contributed by atoms with van der Waals surface area (Å²) in [5, 5.41) is 11.7. The molecule has 3 aromatic heterocycles. The lowest BCUT2D eigenvalue weighted by molar-refractivity contribution is 0.0698. The normalized spacial score (nSPS) is 18.8. The number of aromatic nitrogens is 3. The van der Waals surface area contributed by atoms with E-state index in [0.29, 0.717) is 76.0 Å². The number of pyridine rings is 1. The fourth-order valence-corrected chi connectivity index (χ4v) is 7.49. The number of aryl methyl sites for hydroxylation is 3. The van der Waals surface area contributed by atoms with Crippen molar-refractivity contribution in [2.24, 2.45) is 5.92 Å². The van der Waals surface area contributed by atoms with Crippen LogP contribution in [-0.4, -0.2) is 62.7 Å². The molecule has 2 atom stereocenters. The predicted molar refractivity (Wildman–Crippen MR) is 162 cm³/mol. The highest BCUT2D eigenvalue weighted by atomic mass is 35.5. The molecule has 0 saturated carbocycles. The average Bonchev–Trinajstić information content (AvgIpc) is 3.63. The fourth-order valence-electron chi connectivity index (χ4n) is 6.31. The Bertz CT molecular complexity index is 1780. The molecule has 0 amide bonds. The minimum atomic E-state index is -2.32. The number of aromatic carboxylic acids is 1. The highest BCUT2D eigenvalue weighted by Crippen LogP contribution is 2.40. The van der Waals surface area contributed by atoms with Crippen molar-refractivity contribution in [3.63, 3.8) is 0 Å². The Morgan fingerprint density at radius 3 is 2.77 bits per heavy atom. The lowest BCUT2D eigenvalue weighted by atomic mass is 9.91. The number of carbonyl (C=O) groups is 1. The van der Waals surface area contributed by atoms with E-state index < -0.39 is 18.3 Å². The van der Waals surface area contributed by atoms with Gasteiger partial charge in [-0.25, -0.2) is 18.6 Å². The second kappa shape index (κ2) is 11.9. The summed E-state index contributed by atoms with van der Waals surface area (Å²) in [6, 6.07) is 7.21. The Morgan fingerprint density at radius 1 is 1.21 bits per heavy atom. The van der Waals surface area contributed by atoms with Crippen LogP contribution in [-0.2, 0) is 19.4 Å². The maximum absolute atomic E-state index is 13.6. The lowest BCUT2D eigenvalue weighted by Gasteiger charge is -2.32. The molecule has 8 nitrogen and oxygen atoms in total. The number of hydrogen-bond donors (Lipinski definition) is 1. The van der Waals surface area contributed by atoms with E-state index >= 15 is 0 Å². The van der Waals surface area contributed by atoms with E-state index in [9.17, 15) is 23.5 Å². The standard InChI is InChI=1S/C31H31ClF2N4O4S/c1-16-11-22(28-27(35-16)24(15-43-28)31(40)41)21-12-19(32)3-6-26(21)42-10-9-38-17(2)36-25-5-4-20(13-23(25)30(38)39)37-8-7-18(14-37)29(33)34/h3,6,11-12,15,18,20,29H,4-5,7-10,13-14H2,1-2H3,(H,40,41)/t18-,20+/m1/s1. The van der Waals surface area contributed by atoms with Crippen molar-refractivity contribution in [3.05, 3.63) is 73.4 Å². The minimum absolute atomic E-state index is 0.0642. The van der Waals surface area contributed by atoms with Gasteiger partial charge in [0.1, 0.15) is 18.2 Å². The molecule has 1 aliphatic carbocycles. The first-order chi connectivity index (χ1) is 20.6. The first-order valence-corrected chi connectivity index (χ1v) is 15.5. The van der Waals surface area contributed by atoms with Gasteiger partial charge in [-0.05, 0) is 70.3 Å². The van der Waals surface area contributed by atoms with Crippen LogP contribution >= 0.6 is 22.9 Å². The molecule has 2 aliphatic rings. The van der Waals surface area contributed by atoms with E-state index in [1.54, 1.807) is 35.1 Å². The quantitative estimate of drug-likeness (QED) is 0.255. The van der Waals surface area contributed by atoms with E-state index in [4.69, 9.17) is 21.3 Å². The molecule has 4 heterocycles. The van der Waals surface area contributed by atoms with Crippen LogP contribution in [0.4, 0.5) is 8.78 Å². The molecule has 1 N–H and O–H groups in total. The largest absolute Gasteiger partial charge is 0.491 e. The second-order valence-corrected chi connectivity index (χ2v) is 12.6. The Balaban J connectivity index is 1.23. The van der Waals surface area contributed by atoms with Gasteiger partial charge in [-0.1, -0.05) is 11.6 Å². The van der Waals surface area contributed by atoms with Crippen LogP contribution in [0.15, 0.2) is 34.4 Å². The number of nitrogens with zero attached hydrogens (tertiary/aromatic N) is 4. The summed E-state index contributed by atoms with van der Waals surface area (Å²) in [5.41, 5.74) is 4.04. The molecule has 43 heavy (non-hydrogen) atoms. The monoisotopic (exact) mass is 628 g/mol. The molecule has 226 valence electrons. The minimum Gasteiger partial charge on any atom is -0.491 e. The number of benzene rings is 1. The van der Waals surface area contributed by atoms with Gasteiger partial charge in [0.25, 0.3) is 5.56 Å². The first-order valence-electron chi connectivity index (χ1n) is 14.3. The van der Waals surface area contributed by atoms with Gasteiger partial charge in [0.2, 0.25) is 6.43 Å². The number of alkyl halides is 2. The molecule has 0 bridgehead atoms. The highest BCUT2D eigenvalue weighted by Gasteiger charge is 2.35. The number of likely N-dealkylation sites (tertiary alicyclic amines) is 1. The predicted octanol–water partition coefficient (Wildman–Crippen LogP) is 6.01. The van der Waals surface area contributed by atoms with Gasteiger partial charge in [-0.15, -0.1) is 11.3 Å². The molecule has 0 unspecified atom stereocenters. The van der Waals surface area contributed by atoms with Crippen LogP contribution in [0, 0.1) is 19.8 Å². The molecule has 1 aromatic carbocycles. The summed E-state index contributed by atoms with van der Waals surface area (Å²) in [5.74, 6) is -0.495. The van der Waals surface area contributed by atoms with Gasteiger partial charge < -0.3 is 9.84 Å². The summed E-state index contributed by atoms with van der Waals surface area (Å²) < 4.78 is 35.1. The zero-order valence-corrected chi connectivity index (χ0v) is 25.4. The Kier molecular flexibility index (Phi) is 8.23. The second-order valence-electron chi connectivity index (χ2n) is 11.2. The van der Waals surface area contributed by atoms with Crippen molar-refractivity contribution in [3.8, 4) is 16.9 Å². The van der Waals surface area contributed by atoms with Gasteiger partial charge in [-0.2, -0.15) is 0 Å². The van der Waals surface area contributed by atoms with E-state index in [2.05, 4.69) is 9.88 Å². The maximum Gasteiger partial charge on any atom is 0.338 e. The molecular formula is C31H31ClF2N4O4S. The molecule has 1 saturated heterocycles. The first kappa shape index (κ1) is 29.7. The van der Waals surface area contributed by atoms with Crippen LogP contribution in [0.3, 0.4) is 0 Å². The van der Waals surface area contributed by atoms with E-state index in [0.717, 1.165) is 17.7 Å². The maximum atomic E-state index is 13.6. The molecule has 6 rings (SSSR count). The van der Waals surface area contributed by atoms with Crippen molar-refractivity contribution in [1.29, 1.82) is 0 Å². The summed E-state index contributed by atoms with van der Waals surface area (Å²) >= 11 is 7.68. The fraction of sp³-hybridized carbons (Fsp3) is 0.419. The van der Waals surface area contributed by atoms with Gasteiger partial charge in [-0.3, -0.25) is 19.2 Å². The number of hydrogen-bond acceptors (Lipinski definition) is 7. The number of rotatable bonds is 8. The van der Waals surface area contributed by atoms with Crippen LogP contribution in [0.2, 0.25) is 5.02 Å². The molecule has 0 spiro atoms. The Morgan fingerprint density at radius 2 is 2.02 bits per heavy atom. The van der Waals surface area contributed by atoms with Crippen molar-refractivity contribution >= 4 is 39.1 Å². The van der Waals surface area contributed by atoms with E-state index in [-0.39, 0.29) is 30.3 Å². The lowest BCUT2D eigenvalue weighted by Crippen LogP contribution is -2.42. The van der Waals surface area contributed by atoms with Crippen molar-refractivity contribution in [1.82, 2.24) is 19.4 Å². The van der Waals surface area contributed by atoms with Crippen LogP contribution in [0.1, 0.15) is 46.0 Å². The number of halogens is 3. The summed E-state index contributed by atoms with van der Waals surface area (Å²) in [6.07, 6.45) is 0.143. The molecule has 1 aliphatic heterocycles. The Labute approximate surface area is 255 Å². The Hall–Kier alpha value is -3.41. The van der Waals surface area contributed by atoms with Gasteiger partial charge >= 0.3 is 5.97 Å². The third-order valence-electron chi connectivity index (χ3n) is 8.51. The molecule has 4 aromatic rings. The molecule has 0 radical (unpaired) electrons. The SMILES string of the molecule is Cc1cc(-c2cc(Cl)ccc2OCCn2c(C)nc3c(c2=O)C[C@@H](N2CC[C@@H](C(F)F)C2)CC3)c2scc(C(=O)O)c2n1. The topological polar surface area (TPSA) is 97.6 Å². The molecular weight excluding hydrogens is 598 g/mol. The van der Waals surface area contributed by atoms with Crippen molar-refractivity contribution in [2.45, 2.75) is 58.5 Å². The van der Waals surface area contributed by atoms with Crippen molar-refractivity contribution in [2.75, 3.05) is 19.7 Å². The summed E-state index contributed by atoms with van der Waals surface area (Å²) in [6.45, 7) is 5.06. The third kappa shape index (κ3) is 5.77. The number of fused-ring (bicyclic) bond motifs is 2. The molecule has 12 heteroatoms. The number of thiophene rings is 1. The zero-order valence-electron chi connectivity index (χ0n) is 23.8. The van der Waals surface area contributed by atoms with Crippen LogP contribution in [0.25, 0.3) is 21.3 Å². The number of carboxylic acids is 1. The highest BCUT2D eigenvalue weighted by molar-refractivity contribution is 7.18. The summed E-state index contributed by atoms with van der Waals surface area (Å²) in [4.78, 5) is 36.7.